The second-order valence-electron chi connectivity index (χ2n) is 7.88. The summed E-state index contributed by atoms with van der Waals surface area (Å²) in [5.74, 6) is -1.21. The lowest BCUT2D eigenvalue weighted by Crippen LogP contribution is -2.01. The fourth-order valence-corrected chi connectivity index (χ4v) is 6.55. The average molecular weight is 585 g/mol. The molecule has 0 unspecified atom stereocenters. The zero-order valence-corrected chi connectivity index (χ0v) is 22.2. The van der Waals surface area contributed by atoms with E-state index in [9.17, 15) is 38.8 Å². The van der Waals surface area contributed by atoms with Crippen molar-refractivity contribution in [3.8, 4) is 5.75 Å². The number of sulfonamides is 1. The molecule has 0 aliphatic carbocycles. The van der Waals surface area contributed by atoms with E-state index in [0.717, 1.165) is 15.4 Å². The van der Waals surface area contributed by atoms with Gasteiger partial charge >= 0.3 is 11.4 Å². The van der Waals surface area contributed by atoms with E-state index < -0.39 is 58.3 Å². The fourth-order valence-electron chi connectivity index (χ4n) is 3.15. The number of benzene rings is 4. The molecule has 4 aromatic carbocycles. The first-order chi connectivity index (χ1) is 18.9. The van der Waals surface area contributed by atoms with E-state index in [1.807, 2.05) is 67.6 Å². The number of rotatable bonds is 7. The molecule has 0 aliphatic rings. The lowest BCUT2D eigenvalue weighted by Gasteiger charge is -2.09. The zero-order valence-electron chi connectivity index (χ0n) is 20.6. The second-order valence-corrected chi connectivity index (χ2v) is 11.4. The third-order valence-electron chi connectivity index (χ3n) is 5.08. The van der Waals surface area contributed by atoms with Crippen molar-refractivity contribution >= 4 is 37.8 Å². The summed E-state index contributed by atoms with van der Waals surface area (Å²) >= 11 is 0. The van der Waals surface area contributed by atoms with E-state index in [-0.39, 0.29) is 4.90 Å². The molecule has 13 nitrogen and oxygen atoms in total. The van der Waals surface area contributed by atoms with E-state index in [1.54, 1.807) is 24.3 Å². The SMILES string of the molecule is Cc1ccc(S(=O)(=O)N=S(c2ccccc2)c2ccccc2)cc1.O=[N+]([O-])c1cc([N+](=O)[O-])c(O)c([N+](=O)[O-])c1. The fraction of sp³-hybridized carbons (Fsp3) is 0.0400. The van der Waals surface area contributed by atoms with Gasteiger partial charge in [-0.15, -0.1) is 3.77 Å². The standard InChI is InChI=1S/C19H17NO2S2.C6H3N3O7/c1-16-12-14-19(15-13-16)24(21,22)20-23(17-8-4-2-5-9-17)18-10-6-3-7-11-18;10-6-4(8(13)14)1-3(7(11)12)2-5(6)9(15)16/h2-15H,1H3;1-2,10H. The molecule has 0 heterocycles. The van der Waals surface area contributed by atoms with Gasteiger partial charge in [0, 0.05) is 9.79 Å². The lowest BCUT2D eigenvalue weighted by atomic mass is 10.2. The summed E-state index contributed by atoms with van der Waals surface area (Å²) < 4.78 is 29.7. The van der Waals surface area contributed by atoms with Crippen molar-refractivity contribution in [2.24, 2.45) is 3.77 Å². The van der Waals surface area contributed by atoms with Crippen LogP contribution in [-0.2, 0) is 20.7 Å². The molecule has 1 N–H and O–H groups in total. The molecule has 0 atom stereocenters. The number of nitro groups is 3. The maximum Gasteiger partial charge on any atom is 0.324 e. The highest BCUT2D eigenvalue weighted by atomic mass is 32.3. The number of non-ortho nitro benzene ring substituents is 1. The molecule has 4 rings (SSSR count). The molecule has 0 aliphatic heterocycles. The molecule has 206 valence electrons. The number of aromatic hydroxyl groups is 1. The largest absolute Gasteiger partial charge is 0.497 e. The highest BCUT2D eigenvalue weighted by Gasteiger charge is 2.30. The average Bonchev–Trinajstić information content (AvgIpc) is 2.93. The minimum Gasteiger partial charge on any atom is -0.497 e. The molecule has 0 saturated heterocycles. The second kappa shape index (κ2) is 12.7. The summed E-state index contributed by atoms with van der Waals surface area (Å²) in [6, 6.07) is 26.7. The molecule has 0 aromatic heterocycles. The van der Waals surface area contributed by atoms with Gasteiger partial charge in [0.15, 0.2) is 0 Å². The number of hydrogen-bond acceptors (Lipinski definition) is 9. The van der Waals surface area contributed by atoms with E-state index in [2.05, 4.69) is 3.77 Å². The quantitative estimate of drug-likeness (QED) is 0.208. The van der Waals surface area contributed by atoms with E-state index in [1.165, 1.54) is 0 Å². The van der Waals surface area contributed by atoms with Crippen LogP contribution in [0.1, 0.15) is 5.56 Å². The maximum absolute atomic E-state index is 12.7. The molecule has 15 heteroatoms. The van der Waals surface area contributed by atoms with Gasteiger partial charge < -0.3 is 5.11 Å². The van der Waals surface area contributed by atoms with Crippen LogP contribution < -0.4 is 0 Å². The highest BCUT2D eigenvalue weighted by molar-refractivity contribution is 8.00. The Labute approximate surface area is 230 Å². The number of nitrogens with zero attached hydrogens (tertiary/aromatic N) is 4. The predicted molar refractivity (Wildman–Crippen MR) is 146 cm³/mol. The van der Waals surface area contributed by atoms with E-state index in [4.69, 9.17) is 5.11 Å². The number of phenols is 1. The third-order valence-corrected chi connectivity index (χ3v) is 8.77. The molecule has 0 fully saturated rings. The van der Waals surface area contributed by atoms with Crippen molar-refractivity contribution in [2.75, 3.05) is 0 Å². The van der Waals surface area contributed by atoms with Gasteiger partial charge in [0.25, 0.3) is 21.5 Å². The Morgan fingerprint density at radius 1 is 0.700 bits per heavy atom. The Balaban J connectivity index is 0.000000241. The van der Waals surface area contributed by atoms with Crippen LogP contribution in [0.5, 0.6) is 5.75 Å². The lowest BCUT2D eigenvalue weighted by molar-refractivity contribution is -0.404. The van der Waals surface area contributed by atoms with Gasteiger partial charge in [-0.2, -0.15) is 8.42 Å². The van der Waals surface area contributed by atoms with Crippen molar-refractivity contribution in [3.63, 3.8) is 0 Å². The Bertz CT molecular complexity index is 1620. The summed E-state index contributed by atoms with van der Waals surface area (Å²) in [5, 5.41) is 40.2. The van der Waals surface area contributed by atoms with Crippen LogP contribution in [0.3, 0.4) is 0 Å². The van der Waals surface area contributed by atoms with Gasteiger partial charge in [-0.05, 0) is 54.0 Å². The first kappa shape index (κ1) is 29.5. The van der Waals surface area contributed by atoms with Gasteiger partial charge in [-0.3, -0.25) is 30.3 Å². The van der Waals surface area contributed by atoms with Crippen molar-refractivity contribution in [1.29, 1.82) is 0 Å². The van der Waals surface area contributed by atoms with Crippen molar-refractivity contribution in [2.45, 2.75) is 21.6 Å². The van der Waals surface area contributed by atoms with Crippen molar-refractivity contribution in [3.05, 3.63) is 133 Å². The van der Waals surface area contributed by atoms with Crippen molar-refractivity contribution in [1.82, 2.24) is 0 Å². The first-order valence-electron chi connectivity index (χ1n) is 11.1. The van der Waals surface area contributed by atoms with Crippen LogP contribution in [0.2, 0.25) is 0 Å². The molecular formula is C25H20N4O9S2. The van der Waals surface area contributed by atoms with Crippen LogP contribution in [0, 0.1) is 37.3 Å². The van der Waals surface area contributed by atoms with Crippen LogP contribution in [0.4, 0.5) is 17.1 Å². The topological polar surface area (TPSA) is 196 Å². The van der Waals surface area contributed by atoms with E-state index in [0.29, 0.717) is 12.1 Å². The Kier molecular flexibility index (Phi) is 9.37. The zero-order chi connectivity index (χ0) is 29.4. The van der Waals surface area contributed by atoms with Crippen LogP contribution in [0.15, 0.2) is 116 Å². The van der Waals surface area contributed by atoms with E-state index >= 15 is 0 Å². The summed E-state index contributed by atoms with van der Waals surface area (Å²) in [4.78, 5) is 29.7. The first-order valence-corrected chi connectivity index (χ1v) is 13.7. The minimum atomic E-state index is -3.74. The molecule has 4 aromatic rings. The molecular weight excluding hydrogens is 564 g/mol. The van der Waals surface area contributed by atoms with Crippen LogP contribution in [-0.4, -0.2) is 28.3 Å². The molecule has 0 spiro atoms. The maximum atomic E-state index is 12.7. The van der Waals surface area contributed by atoms with Gasteiger partial charge in [0.05, 0.1) is 31.8 Å². The number of phenolic OH excluding ortho intramolecular Hbond substituents is 1. The minimum absolute atomic E-state index is 0.220. The Morgan fingerprint density at radius 2 is 1.12 bits per heavy atom. The third kappa shape index (κ3) is 7.30. The number of nitro benzene ring substituents is 3. The summed E-state index contributed by atoms with van der Waals surface area (Å²) in [7, 11) is -4.62. The summed E-state index contributed by atoms with van der Waals surface area (Å²) in [6.45, 7) is 1.92. The monoisotopic (exact) mass is 584 g/mol. The highest BCUT2D eigenvalue weighted by Crippen LogP contribution is 2.39. The van der Waals surface area contributed by atoms with Crippen molar-refractivity contribution < 1.29 is 28.3 Å². The van der Waals surface area contributed by atoms with Gasteiger partial charge in [-0.25, -0.2) is 0 Å². The Morgan fingerprint density at radius 3 is 1.50 bits per heavy atom. The smallest absolute Gasteiger partial charge is 0.324 e. The Hall–Kier alpha value is -5.02. The molecule has 0 radical (unpaired) electrons. The van der Waals surface area contributed by atoms with Gasteiger partial charge in [-0.1, -0.05) is 54.1 Å². The van der Waals surface area contributed by atoms with Crippen LogP contribution >= 0.6 is 0 Å². The summed E-state index contributed by atoms with van der Waals surface area (Å²) in [5.41, 5.74) is -1.99. The van der Waals surface area contributed by atoms with Gasteiger partial charge in [0.1, 0.15) is 0 Å². The molecule has 40 heavy (non-hydrogen) atoms. The normalized spacial score (nSPS) is 10.8. The molecule has 0 amide bonds. The van der Waals surface area contributed by atoms with Crippen LogP contribution in [0.25, 0.3) is 0 Å². The molecule has 0 bridgehead atoms. The van der Waals surface area contributed by atoms with Gasteiger partial charge in [0.2, 0.25) is 0 Å². The summed E-state index contributed by atoms with van der Waals surface area (Å²) in [6.07, 6.45) is 0. The number of hydrogen-bond donors (Lipinski definition) is 1. The molecule has 0 saturated carbocycles. The predicted octanol–water partition coefficient (Wildman–Crippen LogP) is 5.72. The number of aryl methyl sites for hydroxylation is 1.